The first-order valence-electron chi connectivity index (χ1n) is 11.1. The molecule has 5 rings (SSSR count). The SMILES string of the molecule is COc1cc(OC)cc(N2C(=O)C[C@@H](N3CCN(c4ccnc5cc(Cl)ccc45)CC3)C2=O)c1. The lowest BCUT2D eigenvalue weighted by atomic mass is 10.1. The molecule has 0 radical (unpaired) electrons. The quantitative estimate of drug-likeness (QED) is 0.518. The van der Waals surface area contributed by atoms with Gasteiger partial charge in [-0.3, -0.25) is 19.5 Å². The van der Waals surface area contributed by atoms with E-state index in [1.807, 2.05) is 24.3 Å². The third kappa shape index (κ3) is 4.03. The van der Waals surface area contributed by atoms with Gasteiger partial charge in [-0.25, -0.2) is 4.90 Å². The molecule has 2 saturated heterocycles. The van der Waals surface area contributed by atoms with E-state index in [1.54, 1.807) is 24.4 Å². The van der Waals surface area contributed by atoms with E-state index in [0.29, 0.717) is 35.3 Å². The lowest BCUT2D eigenvalue weighted by Crippen LogP contribution is -2.52. The van der Waals surface area contributed by atoms with Crippen LogP contribution in [0.25, 0.3) is 10.9 Å². The summed E-state index contributed by atoms with van der Waals surface area (Å²) in [5, 5.41) is 1.70. The molecule has 3 heterocycles. The van der Waals surface area contributed by atoms with E-state index in [-0.39, 0.29) is 18.2 Å². The molecule has 3 aromatic rings. The number of fused-ring (bicyclic) bond motifs is 1. The van der Waals surface area contributed by atoms with Crippen LogP contribution in [0.4, 0.5) is 11.4 Å². The fraction of sp³-hybridized carbons (Fsp3) is 0.320. The largest absolute Gasteiger partial charge is 0.497 e. The number of halogens is 1. The van der Waals surface area contributed by atoms with Gasteiger partial charge in [-0.15, -0.1) is 0 Å². The molecule has 1 aromatic heterocycles. The number of carbonyl (C=O) groups is 2. The van der Waals surface area contributed by atoms with Crippen molar-refractivity contribution >= 4 is 45.7 Å². The van der Waals surface area contributed by atoms with Crippen molar-refractivity contribution in [1.82, 2.24) is 9.88 Å². The molecule has 176 valence electrons. The van der Waals surface area contributed by atoms with E-state index in [2.05, 4.69) is 14.8 Å². The molecule has 0 bridgehead atoms. The van der Waals surface area contributed by atoms with Gasteiger partial charge in [0.05, 0.1) is 37.9 Å². The van der Waals surface area contributed by atoms with Crippen molar-refractivity contribution in [2.24, 2.45) is 0 Å². The highest BCUT2D eigenvalue weighted by Crippen LogP contribution is 2.33. The zero-order chi connectivity index (χ0) is 23.8. The average Bonchev–Trinajstić information content (AvgIpc) is 3.16. The van der Waals surface area contributed by atoms with Crippen molar-refractivity contribution < 1.29 is 19.1 Å². The zero-order valence-electron chi connectivity index (χ0n) is 19.0. The van der Waals surface area contributed by atoms with Crippen LogP contribution in [0.3, 0.4) is 0 Å². The summed E-state index contributed by atoms with van der Waals surface area (Å²) in [6, 6.07) is 12.3. The van der Waals surface area contributed by atoms with Crippen LogP contribution < -0.4 is 19.3 Å². The highest BCUT2D eigenvalue weighted by atomic mass is 35.5. The second-order valence-corrected chi connectivity index (χ2v) is 8.81. The number of rotatable bonds is 5. The number of piperazine rings is 1. The molecule has 8 nitrogen and oxygen atoms in total. The lowest BCUT2D eigenvalue weighted by molar-refractivity contribution is -0.123. The predicted molar refractivity (Wildman–Crippen MR) is 131 cm³/mol. The number of benzene rings is 2. The third-order valence-corrected chi connectivity index (χ3v) is 6.73. The van der Waals surface area contributed by atoms with Gasteiger partial charge in [-0.1, -0.05) is 11.6 Å². The first-order valence-corrected chi connectivity index (χ1v) is 11.5. The van der Waals surface area contributed by atoms with Gasteiger partial charge in [-0.2, -0.15) is 0 Å². The van der Waals surface area contributed by atoms with Gasteiger partial charge in [0.15, 0.2) is 0 Å². The normalized spacial score (nSPS) is 19.2. The Kier molecular flexibility index (Phi) is 6.02. The van der Waals surface area contributed by atoms with E-state index in [9.17, 15) is 9.59 Å². The van der Waals surface area contributed by atoms with Gasteiger partial charge < -0.3 is 14.4 Å². The first kappa shape index (κ1) is 22.4. The Hall–Kier alpha value is -3.36. The Labute approximate surface area is 202 Å². The first-order chi connectivity index (χ1) is 16.5. The molecule has 0 aliphatic carbocycles. The Balaban J connectivity index is 1.32. The van der Waals surface area contributed by atoms with Crippen LogP contribution >= 0.6 is 11.6 Å². The number of methoxy groups -OCH3 is 2. The molecule has 2 aliphatic heterocycles. The van der Waals surface area contributed by atoms with Crippen molar-refractivity contribution in [2.75, 3.05) is 50.2 Å². The van der Waals surface area contributed by atoms with Crippen molar-refractivity contribution in [3.05, 3.63) is 53.7 Å². The van der Waals surface area contributed by atoms with Crippen LogP contribution in [-0.2, 0) is 9.59 Å². The fourth-order valence-electron chi connectivity index (χ4n) is 4.75. The molecule has 0 spiro atoms. The number of nitrogens with zero attached hydrogens (tertiary/aromatic N) is 4. The summed E-state index contributed by atoms with van der Waals surface area (Å²) >= 11 is 6.13. The van der Waals surface area contributed by atoms with Gasteiger partial charge in [0, 0.05) is 66.7 Å². The molecule has 0 unspecified atom stereocenters. The van der Waals surface area contributed by atoms with E-state index in [0.717, 1.165) is 29.7 Å². The minimum absolute atomic E-state index is 0.162. The number of hydrogen-bond acceptors (Lipinski definition) is 7. The van der Waals surface area contributed by atoms with Gasteiger partial charge >= 0.3 is 0 Å². The standard InChI is InChI=1S/C25H25ClN4O4/c1-33-18-12-17(13-19(14-18)34-2)30-24(31)15-23(25(30)32)29-9-7-28(8-10-29)22-5-6-27-21-11-16(26)3-4-20(21)22/h3-6,11-14,23H,7-10,15H2,1-2H3/t23-/m1/s1. The maximum absolute atomic E-state index is 13.3. The van der Waals surface area contributed by atoms with E-state index in [1.165, 1.54) is 19.1 Å². The van der Waals surface area contributed by atoms with Crippen molar-refractivity contribution in [2.45, 2.75) is 12.5 Å². The van der Waals surface area contributed by atoms with Gasteiger partial charge in [0.25, 0.3) is 5.91 Å². The molecule has 2 aliphatic rings. The number of pyridine rings is 1. The monoisotopic (exact) mass is 480 g/mol. The number of carbonyl (C=O) groups excluding carboxylic acids is 2. The number of hydrogen-bond donors (Lipinski definition) is 0. The average molecular weight is 481 g/mol. The second kappa shape index (κ2) is 9.12. The Bertz CT molecular complexity index is 1240. The minimum atomic E-state index is -0.472. The summed E-state index contributed by atoms with van der Waals surface area (Å²) in [4.78, 5) is 36.3. The Morgan fingerprint density at radius 2 is 1.65 bits per heavy atom. The summed E-state index contributed by atoms with van der Waals surface area (Å²) in [6.07, 6.45) is 1.95. The maximum Gasteiger partial charge on any atom is 0.251 e. The third-order valence-electron chi connectivity index (χ3n) is 6.49. The second-order valence-electron chi connectivity index (χ2n) is 8.37. The summed E-state index contributed by atoms with van der Waals surface area (Å²) in [5.74, 6) is 0.623. The molecule has 2 aromatic carbocycles. The fourth-order valence-corrected chi connectivity index (χ4v) is 4.92. The number of imide groups is 1. The maximum atomic E-state index is 13.3. The van der Waals surface area contributed by atoms with Gasteiger partial charge in [0.1, 0.15) is 11.5 Å². The topological polar surface area (TPSA) is 75.2 Å². The molecule has 0 N–H and O–H groups in total. The highest BCUT2D eigenvalue weighted by molar-refractivity contribution is 6.31. The van der Waals surface area contributed by atoms with Crippen LogP contribution in [0, 0.1) is 0 Å². The van der Waals surface area contributed by atoms with Crippen LogP contribution in [-0.4, -0.2) is 68.1 Å². The lowest BCUT2D eigenvalue weighted by Gasteiger charge is -2.38. The van der Waals surface area contributed by atoms with Crippen molar-refractivity contribution in [1.29, 1.82) is 0 Å². The smallest absolute Gasteiger partial charge is 0.251 e. The molecule has 9 heteroatoms. The molecular weight excluding hydrogens is 456 g/mol. The molecule has 2 amide bonds. The Morgan fingerprint density at radius 3 is 2.32 bits per heavy atom. The number of aromatic nitrogens is 1. The summed E-state index contributed by atoms with van der Waals surface area (Å²) in [5.41, 5.74) is 2.42. The van der Waals surface area contributed by atoms with E-state index < -0.39 is 6.04 Å². The summed E-state index contributed by atoms with van der Waals surface area (Å²) < 4.78 is 10.6. The highest BCUT2D eigenvalue weighted by Gasteiger charge is 2.43. The zero-order valence-corrected chi connectivity index (χ0v) is 19.8. The number of amides is 2. The predicted octanol–water partition coefficient (Wildman–Crippen LogP) is 3.36. The molecular formula is C25H25ClN4O4. The van der Waals surface area contributed by atoms with Crippen LogP contribution in [0.5, 0.6) is 11.5 Å². The van der Waals surface area contributed by atoms with Crippen LogP contribution in [0.2, 0.25) is 5.02 Å². The molecule has 2 fully saturated rings. The van der Waals surface area contributed by atoms with E-state index in [4.69, 9.17) is 21.1 Å². The van der Waals surface area contributed by atoms with Gasteiger partial charge in [0.2, 0.25) is 5.91 Å². The molecule has 34 heavy (non-hydrogen) atoms. The van der Waals surface area contributed by atoms with Crippen LogP contribution in [0.1, 0.15) is 6.42 Å². The van der Waals surface area contributed by atoms with Gasteiger partial charge in [-0.05, 0) is 24.3 Å². The van der Waals surface area contributed by atoms with Crippen molar-refractivity contribution in [3.63, 3.8) is 0 Å². The number of anilines is 2. The Morgan fingerprint density at radius 1 is 0.941 bits per heavy atom. The molecule has 1 atom stereocenters. The molecule has 0 saturated carbocycles. The minimum Gasteiger partial charge on any atom is -0.497 e. The summed E-state index contributed by atoms with van der Waals surface area (Å²) in [6.45, 7) is 2.84. The number of ether oxygens (including phenoxy) is 2. The van der Waals surface area contributed by atoms with E-state index >= 15 is 0 Å². The van der Waals surface area contributed by atoms with Crippen molar-refractivity contribution in [3.8, 4) is 11.5 Å². The van der Waals surface area contributed by atoms with Crippen LogP contribution in [0.15, 0.2) is 48.7 Å². The summed E-state index contributed by atoms with van der Waals surface area (Å²) in [7, 11) is 3.07.